The van der Waals surface area contributed by atoms with E-state index in [-0.39, 0.29) is 5.91 Å². The maximum Gasteiger partial charge on any atom is 0.246 e. The van der Waals surface area contributed by atoms with Gasteiger partial charge in [-0.05, 0) is 35.9 Å². The zero-order chi connectivity index (χ0) is 18.6. The summed E-state index contributed by atoms with van der Waals surface area (Å²) in [5.41, 5.74) is 1.98. The number of hydrogen-bond acceptors (Lipinski definition) is 4. The van der Waals surface area contributed by atoms with E-state index in [0.717, 1.165) is 24.3 Å². The normalized spacial score (nSPS) is 15.4. The van der Waals surface area contributed by atoms with E-state index in [2.05, 4.69) is 4.90 Å². The molecule has 0 N–H and O–H groups in total. The quantitative estimate of drug-likeness (QED) is 0.776. The van der Waals surface area contributed by atoms with Crippen molar-refractivity contribution in [3.8, 4) is 0 Å². The average Bonchev–Trinajstić information content (AvgIpc) is 2.66. The molecule has 0 saturated carbocycles. The van der Waals surface area contributed by atoms with Crippen LogP contribution < -0.4 is 4.90 Å². The molecule has 0 aromatic heterocycles. The van der Waals surface area contributed by atoms with Gasteiger partial charge in [-0.25, -0.2) is 8.42 Å². The molecule has 136 valence electrons. The number of carbonyl (C=O) groups excluding carboxylic acids is 1. The van der Waals surface area contributed by atoms with Crippen molar-refractivity contribution in [2.45, 2.75) is 4.90 Å². The number of carbonyl (C=O) groups is 1. The number of nitrogens with zero attached hydrogens (tertiary/aromatic N) is 2. The Balaban J connectivity index is 1.57. The lowest BCUT2D eigenvalue weighted by atomic mass is 10.2. The Morgan fingerprint density at radius 3 is 2.12 bits per heavy atom. The maximum absolute atomic E-state index is 12.3. The van der Waals surface area contributed by atoms with Crippen LogP contribution in [0.15, 0.2) is 65.6 Å². The van der Waals surface area contributed by atoms with Crippen molar-refractivity contribution in [2.24, 2.45) is 0 Å². The fourth-order valence-electron chi connectivity index (χ4n) is 2.93. The van der Waals surface area contributed by atoms with Gasteiger partial charge in [0.05, 0.1) is 4.90 Å². The van der Waals surface area contributed by atoms with E-state index in [1.54, 1.807) is 18.2 Å². The summed E-state index contributed by atoms with van der Waals surface area (Å²) in [6, 6.07) is 16.7. The number of anilines is 1. The number of amides is 1. The third-order valence-electron chi connectivity index (χ3n) is 4.44. The standard InChI is InChI=1S/C20H22N2O3S/c1-26(24,25)19-10-8-18(9-11-19)21-13-15-22(16-14-21)20(23)12-7-17-5-3-2-4-6-17/h2-12H,13-16H2,1H3/b12-7+. The lowest BCUT2D eigenvalue weighted by Gasteiger charge is -2.35. The first-order valence-electron chi connectivity index (χ1n) is 8.50. The molecule has 6 heteroatoms. The summed E-state index contributed by atoms with van der Waals surface area (Å²) in [4.78, 5) is 16.6. The molecular weight excluding hydrogens is 348 g/mol. The molecule has 2 aromatic carbocycles. The van der Waals surface area contributed by atoms with Crippen molar-refractivity contribution in [3.05, 3.63) is 66.2 Å². The molecule has 0 aliphatic carbocycles. The summed E-state index contributed by atoms with van der Waals surface area (Å²) in [7, 11) is -3.18. The van der Waals surface area contributed by atoms with E-state index in [9.17, 15) is 13.2 Å². The highest BCUT2D eigenvalue weighted by molar-refractivity contribution is 7.90. The van der Waals surface area contributed by atoms with Crippen molar-refractivity contribution < 1.29 is 13.2 Å². The number of piperazine rings is 1. The SMILES string of the molecule is CS(=O)(=O)c1ccc(N2CCN(C(=O)/C=C/c3ccccc3)CC2)cc1. The second-order valence-electron chi connectivity index (χ2n) is 6.32. The molecule has 0 unspecified atom stereocenters. The van der Waals surface area contributed by atoms with Gasteiger partial charge in [-0.15, -0.1) is 0 Å². The van der Waals surface area contributed by atoms with Crippen molar-refractivity contribution in [3.63, 3.8) is 0 Å². The summed E-state index contributed by atoms with van der Waals surface area (Å²) in [6.45, 7) is 2.74. The van der Waals surface area contributed by atoms with Crippen LogP contribution in [-0.2, 0) is 14.6 Å². The van der Waals surface area contributed by atoms with Crippen molar-refractivity contribution in [1.82, 2.24) is 4.90 Å². The first-order chi connectivity index (χ1) is 12.4. The highest BCUT2D eigenvalue weighted by Gasteiger charge is 2.20. The molecule has 1 aliphatic rings. The van der Waals surface area contributed by atoms with E-state index in [0.29, 0.717) is 18.0 Å². The summed E-state index contributed by atoms with van der Waals surface area (Å²) in [5.74, 6) is 0.0147. The minimum absolute atomic E-state index is 0.0147. The molecule has 3 rings (SSSR count). The van der Waals surface area contributed by atoms with Crippen LogP contribution in [0.1, 0.15) is 5.56 Å². The van der Waals surface area contributed by atoms with E-state index in [1.807, 2.05) is 53.4 Å². The third-order valence-corrected chi connectivity index (χ3v) is 5.57. The Bertz CT molecular complexity index is 882. The van der Waals surface area contributed by atoms with Gasteiger partial charge in [0.25, 0.3) is 0 Å². The largest absolute Gasteiger partial charge is 0.368 e. The first-order valence-corrected chi connectivity index (χ1v) is 10.4. The Kier molecular flexibility index (Phi) is 5.42. The molecule has 1 heterocycles. The fourth-order valence-corrected chi connectivity index (χ4v) is 3.56. The molecule has 1 amide bonds. The smallest absolute Gasteiger partial charge is 0.246 e. The Morgan fingerprint density at radius 2 is 1.54 bits per heavy atom. The van der Waals surface area contributed by atoms with Crippen LogP contribution in [0, 0.1) is 0 Å². The maximum atomic E-state index is 12.3. The molecule has 0 atom stereocenters. The van der Waals surface area contributed by atoms with E-state index in [1.165, 1.54) is 6.26 Å². The Morgan fingerprint density at radius 1 is 0.923 bits per heavy atom. The predicted octanol–water partition coefficient (Wildman–Crippen LogP) is 2.45. The monoisotopic (exact) mass is 370 g/mol. The molecule has 1 fully saturated rings. The summed E-state index contributed by atoms with van der Waals surface area (Å²) < 4.78 is 23.1. The molecule has 0 bridgehead atoms. The van der Waals surface area contributed by atoms with Gasteiger partial charge in [0, 0.05) is 44.2 Å². The Hall–Kier alpha value is -2.60. The number of rotatable bonds is 4. The van der Waals surface area contributed by atoms with Gasteiger partial charge in [-0.3, -0.25) is 4.79 Å². The third kappa shape index (κ3) is 4.52. The molecule has 0 radical (unpaired) electrons. The van der Waals surface area contributed by atoms with Crippen molar-refractivity contribution in [2.75, 3.05) is 37.3 Å². The molecule has 5 nitrogen and oxygen atoms in total. The van der Waals surface area contributed by atoms with Gasteiger partial charge in [-0.2, -0.15) is 0 Å². The molecule has 1 aliphatic heterocycles. The number of benzene rings is 2. The minimum atomic E-state index is -3.18. The van der Waals surface area contributed by atoms with Crippen molar-refractivity contribution in [1.29, 1.82) is 0 Å². The zero-order valence-electron chi connectivity index (χ0n) is 14.7. The highest BCUT2D eigenvalue weighted by Crippen LogP contribution is 2.19. The first kappa shape index (κ1) is 18.2. The molecule has 26 heavy (non-hydrogen) atoms. The van der Waals surface area contributed by atoms with Crippen LogP contribution in [0.2, 0.25) is 0 Å². The van der Waals surface area contributed by atoms with E-state index < -0.39 is 9.84 Å². The summed E-state index contributed by atoms with van der Waals surface area (Å²) in [5, 5.41) is 0. The molecule has 0 spiro atoms. The summed E-state index contributed by atoms with van der Waals surface area (Å²) in [6.07, 6.45) is 4.65. The Labute approximate surface area is 154 Å². The van der Waals surface area contributed by atoms with Gasteiger partial charge in [0.2, 0.25) is 5.91 Å². The zero-order valence-corrected chi connectivity index (χ0v) is 15.5. The molecular formula is C20H22N2O3S. The predicted molar refractivity (Wildman–Crippen MR) is 104 cm³/mol. The van der Waals surface area contributed by atoms with Gasteiger partial charge < -0.3 is 9.80 Å². The van der Waals surface area contributed by atoms with Crippen molar-refractivity contribution >= 4 is 27.5 Å². The van der Waals surface area contributed by atoms with Gasteiger partial charge in [-0.1, -0.05) is 30.3 Å². The minimum Gasteiger partial charge on any atom is -0.368 e. The van der Waals surface area contributed by atoms with Gasteiger partial charge in [0.15, 0.2) is 9.84 Å². The van der Waals surface area contributed by atoms with Crippen LogP contribution in [0.25, 0.3) is 6.08 Å². The average molecular weight is 370 g/mol. The molecule has 1 saturated heterocycles. The van der Waals surface area contributed by atoms with Crippen LogP contribution in [-0.4, -0.2) is 51.7 Å². The molecule has 2 aromatic rings. The lowest BCUT2D eigenvalue weighted by molar-refractivity contribution is -0.126. The second-order valence-corrected chi connectivity index (χ2v) is 8.34. The van der Waals surface area contributed by atoms with Crippen LogP contribution in [0.3, 0.4) is 0 Å². The summed E-state index contributed by atoms with van der Waals surface area (Å²) >= 11 is 0. The number of sulfone groups is 1. The van der Waals surface area contributed by atoms with Crippen LogP contribution in [0.5, 0.6) is 0 Å². The van der Waals surface area contributed by atoms with Gasteiger partial charge >= 0.3 is 0 Å². The van der Waals surface area contributed by atoms with Crippen LogP contribution in [0.4, 0.5) is 5.69 Å². The van der Waals surface area contributed by atoms with E-state index in [4.69, 9.17) is 0 Å². The topological polar surface area (TPSA) is 57.7 Å². The lowest BCUT2D eigenvalue weighted by Crippen LogP contribution is -2.48. The number of hydrogen-bond donors (Lipinski definition) is 0. The van der Waals surface area contributed by atoms with Crippen LogP contribution >= 0.6 is 0 Å². The van der Waals surface area contributed by atoms with Gasteiger partial charge in [0.1, 0.15) is 0 Å². The second kappa shape index (κ2) is 7.74. The van der Waals surface area contributed by atoms with E-state index >= 15 is 0 Å². The highest BCUT2D eigenvalue weighted by atomic mass is 32.2. The fraction of sp³-hybridized carbons (Fsp3) is 0.250.